The number of nitrogens with one attached hydrogen (secondary N) is 1. The minimum atomic E-state index is -1.09. The van der Waals surface area contributed by atoms with Gasteiger partial charge in [0.25, 0.3) is 5.91 Å². The first-order valence-corrected chi connectivity index (χ1v) is 11.3. The number of nitrogens with zero attached hydrogens (tertiary/aromatic N) is 1. The van der Waals surface area contributed by atoms with Gasteiger partial charge in [-0.15, -0.1) is 17.8 Å². The molecule has 0 saturated heterocycles. The van der Waals surface area contributed by atoms with Gasteiger partial charge in [-0.05, 0) is 57.5 Å². The topological polar surface area (TPSA) is 77.5 Å². The van der Waals surface area contributed by atoms with Gasteiger partial charge in [0, 0.05) is 17.7 Å². The van der Waals surface area contributed by atoms with Crippen molar-refractivity contribution in [2.45, 2.75) is 39.8 Å². The highest BCUT2D eigenvalue weighted by molar-refractivity contribution is 7.17. The van der Waals surface area contributed by atoms with Crippen molar-refractivity contribution in [2.75, 3.05) is 6.61 Å². The lowest BCUT2D eigenvalue weighted by molar-refractivity contribution is -0.158. The van der Waals surface area contributed by atoms with E-state index < -0.39 is 11.6 Å². The summed E-state index contributed by atoms with van der Waals surface area (Å²) < 4.78 is 10.8. The molecule has 7 heteroatoms. The number of carbonyl (C=O) groups is 2. The van der Waals surface area contributed by atoms with Gasteiger partial charge in [0.1, 0.15) is 15.6 Å². The van der Waals surface area contributed by atoms with E-state index in [0.717, 1.165) is 21.7 Å². The second-order valence-corrected chi connectivity index (χ2v) is 8.81. The molecule has 3 rings (SSSR count). The second kappa shape index (κ2) is 10.3. The van der Waals surface area contributed by atoms with Gasteiger partial charge in [0.05, 0.1) is 12.3 Å². The number of rotatable bonds is 8. The van der Waals surface area contributed by atoms with Crippen LogP contribution in [0.3, 0.4) is 0 Å². The maximum atomic E-state index is 12.7. The molecule has 0 fully saturated rings. The number of thiazole rings is 1. The Labute approximate surface area is 198 Å². The highest BCUT2D eigenvalue weighted by atomic mass is 32.1. The first-order valence-electron chi connectivity index (χ1n) is 10.5. The van der Waals surface area contributed by atoms with Crippen LogP contribution in [0.25, 0.3) is 10.6 Å². The van der Waals surface area contributed by atoms with Gasteiger partial charge < -0.3 is 14.8 Å². The van der Waals surface area contributed by atoms with Gasteiger partial charge in [0.15, 0.2) is 5.60 Å². The first kappa shape index (κ1) is 24.0. The molecule has 0 radical (unpaired) electrons. The summed E-state index contributed by atoms with van der Waals surface area (Å²) in [5.41, 5.74) is 2.21. The molecular weight excluding hydrogens is 436 g/mol. The Morgan fingerprint density at radius 1 is 1.12 bits per heavy atom. The summed E-state index contributed by atoms with van der Waals surface area (Å²) in [6.07, 6.45) is 5.40. The Bertz CT molecular complexity index is 1170. The molecule has 0 saturated carbocycles. The van der Waals surface area contributed by atoms with E-state index in [2.05, 4.69) is 16.2 Å². The van der Waals surface area contributed by atoms with Crippen LogP contribution in [0.4, 0.5) is 0 Å². The predicted octanol–water partition coefficient (Wildman–Crippen LogP) is 4.75. The van der Waals surface area contributed by atoms with E-state index in [1.165, 1.54) is 11.3 Å². The zero-order valence-corrected chi connectivity index (χ0v) is 19.9. The number of hydrogen-bond acceptors (Lipinski definition) is 6. The van der Waals surface area contributed by atoms with E-state index >= 15 is 0 Å². The number of aromatic nitrogens is 1. The minimum Gasteiger partial charge on any atom is -0.476 e. The molecule has 0 aliphatic rings. The Kier molecular flexibility index (Phi) is 7.52. The fraction of sp³-hybridized carbons (Fsp3) is 0.269. The third-order valence-corrected chi connectivity index (χ3v) is 6.02. The summed E-state index contributed by atoms with van der Waals surface area (Å²) in [5, 5.41) is 3.70. The molecule has 33 heavy (non-hydrogen) atoms. The number of aryl methyl sites for hydroxylation is 1. The SMILES string of the molecule is C#Cc1ccc(-c2nc(C)c(C(=O)NCc3ccc(OC(C)(C)C(=O)OCC)cc3)s2)cc1. The number of esters is 1. The summed E-state index contributed by atoms with van der Waals surface area (Å²) in [6.45, 7) is 7.54. The fourth-order valence-electron chi connectivity index (χ4n) is 3.02. The molecule has 3 aromatic rings. The number of ether oxygens (including phenoxy) is 2. The number of amides is 1. The van der Waals surface area contributed by atoms with Crippen LogP contribution in [0.2, 0.25) is 0 Å². The van der Waals surface area contributed by atoms with Gasteiger partial charge in [-0.3, -0.25) is 4.79 Å². The Hall–Kier alpha value is -3.63. The van der Waals surface area contributed by atoms with Gasteiger partial charge >= 0.3 is 5.97 Å². The Morgan fingerprint density at radius 2 is 1.79 bits per heavy atom. The number of benzene rings is 2. The molecule has 2 aromatic carbocycles. The molecule has 1 heterocycles. The lowest BCUT2D eigenvalue weighted by Crippen LogP contribution is -2.39. The van der Waals surface area contributed by atoms with Crippen molar-refractivity contribution in [3.05, 3.63) is 70.2 Å². The molecule has 0 bridgehead atoms. The van der Waals surface area contributed by atoms with Gasteiger partial charge in [-0.2, -0.15) is 0 Å². The summed E-state index contributed by atoms with van der Waals surface area (Å²) in [4.78, 5) is 29.8. The molecule has 0 aliphatic heterocycles. The van der Waals surface area contributed by atoms with Crippen molar-refractivity contribution in [2.24, 2.45) is 0 Å². The largest absolute Gasteiger partial charge is 0.476 e. The second-order valence-electron chi connectivity index (χ2n) is 7.81. The average Bonchev–Trinajstić information content (AvgIpc) is 3.20. The molecule has 1 amide bonds. The number of carbonyl (C=O) groups excluding carboxylic acids is 2. The summed E-state index contributed by atoms with van der Waals surface area (Å²) >= 11 is 1.35. The highest BCUT2D eigenvalue weighted by Gasteiger charge is 2.31. The molecule has 0 spiro atoms. The molecule has 6 nitrogen and oxygen atoms in total. The van der Waals surface area contributed by atoms with Crippen LogP contribution in [0.15, 0.2) is 48.5 Å². The minimum absolute atomic E-state index is 0.180. The molecule has 0 unspecified atom stereocenters. The molecule has 0 aliphatic carbocycles. The normalized spacial score (nSPS) is 10.9. The van der Waals surface area contributed by atoms with Crippen LogP contribution in [0.1, 0.15) is 47.3 Å². The summed E-state index contributed by atoms with van der Waals surface area (Å²) in [5.74, 6) is 2.53. The molecule has 1 aromatic heterocycles. The van der Waals surface area contributed by atoms with Crippen LogP contribution in [-0.2, 0) is 16.1 Å². The Balaban J connectivity index is 1.61. The van der Waals surface area contributed by atoms with Crippen molar-refractivity contribution < 1.29 is 19.1 Å². The third-order valence-electron chi connectivity index (χ3n) is 4.82. The first-order chi connectivity index (χ1) is 15.7. The van der Waals surface area contributed by atoms with Crippen LogP contribution in [0.5, 0.6) is 5.75 Å². The highest BCUT2D eigenvalue weighted by Crippen LogP contribution is 2.28. The van der Waals surface area contributed by atoms with Crippen molar-refractivity contribution in [1.29, 1.82) is 0 Å². The number of terminal acetylenes is 1. The smallest absolute Gasteiger partial charge is 0.349 e. The van der Waals surface area contributed by atoms with Crippen LogP contribution >= 0.6 is 11.3 Å². The third kappa shape index (κ3) is 5.99. The quantitative estimate of drug-likeness (QED) is 0.386. The molecular formula is C26H26N2O4S. The van der Waals surface area contributed by atoms with Crippen LogP contribution in [0, 0.1) is 19.3 Å². The van der Waals surface area contributed by atoms with Gasteiger partial charge in [-0.1, -0.05) is 30.2 Å². The van der Waals surface area contributed by atoms with E-state index in [0.29, 0.717) is 29.5 Å². The van der Waals surface area contributed by atoms with Crippen LogP contribution < -0.4 is 10.1 Å². The van der Waals surface area contributed by atoms with E-state index in [1.54, 1.807) is 32.9 Å². The zero-order chi connectivity index (χ0) is 24.0. The predicted molar refractivity (Wildman–Crippen MR) is 129 cm³/mol. The van der Waals surface area contributed by atoms with E-state index in [1.807, 2.05) is 43.3 Å². The lowest BCUT2D eigenvalue weighted by atomic mass is 10.1. The maximum absolute atomic E-state index is 12.7. The van der Waals surface area contributed by atoms with Crippen molar-refractivity contribution in [3.8, 4) is 28.7 Å². The number of hydrogen-bond donors (Lipinski definition) is 1. The van der Waals surface area contributed by atoms with Crippen molar-refractivity contribution in [1.82, 2.24) is 10.3 Å². The maximum Gasteiger partial charge on any atom is 0.349 e. The zero-order valence-electron chi connectivity index (χ0n) is 19.1. The Morgan fingerprint density at radius 3 is 2.39 bits per heavy atom. The molecule has 1 N–H and O–H groups in total. The standard InChI is InChI=1S/C26H26N2O4S/c1-6-18-8-12-20(13-9-18)24-28-17(3)22(33-24)23(29)27-16-19-10-14-21(15-11-19)32-26(4,5)25(30)31-7-2/h1,8-15H,7,16H2,2-5H3,(H,27,29). The lowest BCUT2D eigenvalue weighted by Gasteiger charge is -2.24. The molecule has 0 atom stereocenters. The van der Waals surface area contributed by atoms with E-state index in [4.69, 9.17) is 15.9 Å². The van der Waals surface area contributed by atoms with E-state index in [-0.39, 0.29) is 5.91 Å². The summed E-state index contributed by atoms with van der Waals surface area (Å²) in [6, 6.07) is 14.7. The monoisotopic (exact) mass is 462 g/mol. The summed E-state index contributed by atoms with van der Waals surface area (Å²) in [7, 11) is 0. The van der Waals surface area contributed by atoms with Gasteiger partial charge in [0.2, 0.25) is 0 Å². The molecule has 170 valence electrons. The average molecular weight is 463 g/mol. The fourth-order valence-corrected chi connectivity index (χ4v) is 4.01. The van der Waals surface area contributed by atoms with Crippen molar-refractivity contribution >= 4 is 23.2 Å². The van der Waals surface area contributed by atoms with Crippen molar-refractivity contribution in [3.63, 3.8) is 0 Å². The van der Waals surface area contributed by atoms with Crippen LogP contribution in [-0.4, -0.2) is 29.1 Å². The van der Waals surface area contributed by atoms with E-state index in [9.17, 15) is 9.59 Å². The van der Waals surface area contributed by atoms with Gasteiger partial charge in [-0.25, -0.2) is 9.78 Å².